The van der Waals surface area contributed by atoms with E-state index in [1.165, 1.54) is 10.5 Å². The largest absolute Gasteiger partial charge is 0.347 e. The van der Waals surface area contributed by atoms with Gasteiger partial charge in [-0.05, 0) is 116 Å². The smallest absolute Gasteiger partial charge is 0.251 e. The SMILES string of the molecule is CCC(c1ccccc1)N(Cc1ccc(C(=O)NC2CC(C(=O)NC3CCCc4ccccc43)N(C(=O)C(NC(=O)[C@H](C)NC)C(C)(C)C)C2)cc1)C(=O)C1Cc2ccccc2CN1C(=O)C(NC(=O)[C@H](C)NC)C(C)(C)C. The summed E-state index contributed by atoms with van der Waals surface area (Å²) in [6.45, 7) is 17.2. The molecule has 16 nitrogen and oxygen atoms in total. The predicted octanol–water partition coefficient (Wildman–Crippen LogP) is 6.29. The van der Waals surface area contributed by atoms with E-state index < -0.39 is 64.9 Å². The first-order valence-corrected chi connectivity index (χ1v) is 27.8. The number of benzene rings is 4. The number of carbonyl (C=O) groups excluding carboxylic acids is 7. The van der Waals surface area contributed by atoms with Crippen LogP contribution in [0.5, 0.6) is 0 Å². The molecule has 4 aromatic carbocycles. The first-order valence-electron chi connectivity index (χ1n) is 27.8. The van der Waals surface area contributed by atoms with E-state index in [4.69, 9.17) is 0 Å². The fourth-order valence-electron chi connectivity index (χ4n) is 11.1. The van der Waals surface area contributed by atoms with Gasteiger partial charge >= 0.3 is 0 Å². The molecule has 7 unspecified atom stereocenters. The zero-order valence-corrected chi connectivity index (χ0v) is 47.6. The fourth-order valence-corrected chi connectivity index (χ4v) is 11.1. The van der Waals surface area contributed by atoms with E-state index >= 15 is 9.59 Å². The minimum absolute atomic E-state index is 0.0457. The van der Waals surface area contributed by atoms with Crippen LogP contribution in [0.4, 0.5) is 0 Å². The minimum Gasteiger partial charge on any atom is -0.347 e. The molecule has 2 aliphatic heterocycles. The third-order valence-corrected chi connectivity index (χ3v) is 16.0. The van der Waals surface area contributed by atoms with Crippen molar-refractivity contribution in [1.29, 1.82) is 0 Å². The number of hydrogen-bond donors (Lipinski definition) is 6. The van der Waals surface area contributed by atoms with E-state index in [-0.39, 0.29) is 74.1 Å². The Morgan fingerprint density at radius 2 is 1.21 bits per heavy atom. The topological polar surface area (TPSA) is 201 Å². The number of hydrogen-bond acceptors (Lipinski definition) is 9. The van der Waals surface area contributed by atoms with Gasteiger partial charge in [-0.2, -0.15) is 0 Å². The van der Waals surface area contributed by atoms with Gasteiger partial charge in [0, 0.05) is 37.7 Å². The molecule has 1 saturated heterocycles. The van der Waals surface area contributed by atoms with E-state index in [1.807, 2.05) is 138 Å². The second-order valence-electron chi connectivity index (χ2n) is 23.7. The van der Waals surface area contributed by atoms with Crippen molar-refractivity contribution in [2.75, 3.05) is 20.6 Å². The van der Waals surface area contributed by atoms with Crippen molar-refractivity contribution in [1.82, 2.24) is 46.6 Å². The van der Waals surface area contributed by atoms with E-state index in [2.05, 4.69) is 38.0 Å². The molecule has 2 heterocycles. The maximum absolute atomic E-state index is 15.6. The summed E-state index contributed by atoms with van der Waals surface area (Å²) in [6.07, 6.45) is 3.58. The Balaban J connectivity index is 1.15. The predicted molar refractivity (Wildman–Crippen MR) is 302 cm³/mol. The van der Waals surface area contributed by atoms with Gasteiger partial charge in [-0.25, -0.2) is 0 Å². The average Bonchev–Trinajstić information content (AvgIpc) is 3.86. The lowest BCUT2D eigenvalue weighted by atomic mass is 9.84. The van der Waals surface area contributed by atoms with E-state index in [0.717, 1.165) is 47.1 Å². The maximum atomic E-state index is 15.6. The standard InChI is InChI=1S/C62H83N9O7/c1-12-49(42-22-14-13-15-23-42)69(58(76)51-33-44-24-16-17-25-45(44)36-70(51)59(77)52(61(4,5)6)67-54(72)38(2)63-10)35-40-29-31-43(32-30-40)56(74)65-46-34-50(57(75)66-48-28-20-26-41-21-18-19-27-47(41)48)71(37-46)60(78)53(62(7,8)9)68-55(73)39(3)64-11/h13-19,21-25,27,29-32,38-39,46,48-53,63-64H,12,20,26,28,33-37H2,1-11H3,(H,65,74)(H,66,75)(H,67,72)(H,68,73)/t38-,39-,46?,48?,49?,50?,51?,52?,53?/m0/s1. The summed E-state index contributed by atoms with van der Waals surface area (Å²) >= 11 is 0. The average molecular weight is 1070 g/mol. The number of aryl methyl sites for hydroxylation is 1. The Labute approximate surface area is 461 Å². The number of rotatable bonds is 18. The van der Waals surface area contributed by atoms with E-state index in [0.29, 0.717) is 12.0 Å². The lowest BCUT2D eigenvalue weighted by Crippen LogP contribution is -2.62. The van der Waals surface area contributed by atoms with Crippen LogP contribution in [0.3, 0.4) is 0 Å². The third-order valence-electron chi connectivity index (χ3n) is 16.0. The van der Waals surface area contributed by atoms with E-state index in [1.54, 1.807) is 45.0 Å². The molecule has 9 atom stereocenters. The van der Waals surface area contributed by atoms with Gasteiger partial charge in [0.15, 0.2) is 0 Å². The third kappa shape index (κ3) is 13.7. The Morgan fingerprint density at radius 3 is 1.78 bits per heavy atom. The number of nitrogens with zero attached hydrogens (tertiary/aromatic N) is 3. The van der Waals surface area contributed by atoms with Crippen LogP contribution in [0.1, 0.15) is 144 Å². The molecule has 0 bridgehead atoms. The lowest BCUT2D eigenvalue weighted by Gasteiger charge is -2.44. The van der Waals surface area contributed by atoms with Crippen LogP contribution in [0.2, 0.25) is 0 Å². The number of carbonyl (C=O) groups is 7. The maximum Gasteiger partial charge on any atom is 0.251 e. The summed E-state index contributed by atoms with van der Waals surface area (Å²) in [5.41, 5.74) is 4.77. The molecule has 1 aliphatic carbocycles. The van der Waals surface area contributed by atoms with Crippen LogP contribution in [0.15, 0.2) is 103 Å². The molecular weight excluding hydrogens is 983 g/mol. The molecule has 4 aromatic rings. The molecule has 6 N–H and O–H groups in total. The molecule has 0 aromatic heterocycles. The second kappa shape index (κ2) is 25.3. The highest BCUT2D eigenvalue weighted by Gasteiger charge is 2.47. The molecule has 418 valence electrons. The Morgan fingerprint density at radius 1 is 0.654 bits per heavy atom. The summed E-state index contributed by atoms with van der Waals surface area (Å²) in [5.74, 6) is -2.37. The first-order chi connectivity index (χ1) is 37.0. The number of likely N-dealkylation sites (N-methyl/N-ethyl adjacent to an activating group) is 2. The number of likely N-dealkylation sites (tertiary alicyclic amines) is 1. The summed E-state index contributed by atoms with van der Waals surface area (Å²) in [6, 6.07) is 26.8. The van der Waals surface area contributed by atoms with Gasteiger partial charge in [0.2, 0.25) is 35.4 Å². The van der Waals surface area contributed by atoms with Crippen molar-refractivity contribution < 1.29 is 33.6 Å². The van der Waals surface area contributed by atoms with Crippen LogP contribution < -0.4 is 31.9 Å². The van der Waals surface area contributed by atoms with Gasteiger partial charge in [-0.3, -0.25) is 33.6 Å². The summed E-state index contributed by atoms with van der Waals surface area (Å²) in [7, 11) is 3.36. The summed E-state index contributed by atoms with van der Waals surface area (Å²) in [5, 5.41) is 18.2. The van der Waals surface area contributed by atoms with Gasteiger partial charge in [0.25, 0.3) is 5.91 Å². The van der Waals surface area contributed by atoms with Gasteiger partial charge in [-0.1, -0.05) is 139 Å². The normalized spacial score (nSPS) is 20.1. The number of nitrogens with one attached hydrogen (secondary N) is 6. The van der Waals surface area contributed by atoms with Crippen molar-refractivity contribution in [2.24, 2.45) is 10.8 Å². The van der Waals surface area contributed by atoms with Crippen LogP contribution in [-0.2, 0) is 54.7 Å². The highest BCUT2D eigenvalue weighted by atomic mass is 16.2. The quantitative estimate of drug-likeness (QED) is 0.0663. The minimum atomic E-state index is -0.966. The Hall–Kier alpha value is -6.91. The molecule has 78 heavy (non-hydrogen) atoms. The zero-order chi connectivity index (χ0) is 56.6. The number of amides is 7. The first kappa shape index (κ1) is 58.8. The monoisotopic (exact) mass is 1070 g/mol. The van der Waals surface area contributed by atoms with Crippen LogP contribution in [0.25, 0.3) is 0 Å². The van der Waals surface area contributed by atoms with Crippen LogP contribution in [-0.4, -0.2) is 119 Å². The zero-order valence-electron chi connectivity index (χ0n) is 47.6. The van der Waals surface area contributed by atoms with Crippen molar-refractivity contribution in [3.63, 3.8) is 0 Å². The molecular formula is C62H83N9O7. The van der Waals surface area contributed by atoms with Crippen molar-refractivity contribution in [2.45, 2.75) is 168 Å². The molecule has 16 heteroatoms. The summed E-state index contributed by atoms with van der Waals surface area (Å²) < 4.78 is 0. The second-order valence-corrected chi connectivity index (χ2v) is 23.7. The molecule has 0 radical (unpaired) electrons. The van der Waals surface area contributed by atoms with Crippen LogP contribution in [0, 0.1) is 10.8 Å². The van der Waals surface area contributed by atoms with E-state index in [9.17, 15) is 24.0 Å². The van der Waals surface area contributed by atoms with Gasteiger partial charge in [-0.15, -0.1) is 0 Å². The summed E-state index contributed by atoms with van der Waals surface area (Å²) in [4.78, 5) is 106. The Kier molecular flexibility index (Phi) is 19.0. The fraction of sp³-hybridized carbons (Fsp3) is 0.500. The molecule has 0 spiro atoms. The van der Waals surface area contributed by atoms with Crippen molar-refractivity contribution in [3.8, 4) is 0 Å². The molecule has 3 aliphatic rings. The van der Waals surface area contributed by atoms with Crippen LogP contribution >= 0.6 is 0 Å². The molecule has 7 amide bonds. The molecule has 1 fully saturated rings. The van der Waals surface area contributed by atoms with Gasteiger partial charge < -0.3 is 46.6 Å². The van der Waals surface area contributed by atoms with Crippen molar-refractivity contribution >= 4 is 41.4 Å². The van der Waals surface area contributed by atoms with Crippen molar-refractivity contribution in [3.05, 3.63) is 142 Å². The Bertz CT molecular complexity index is 2790. The molecule has 0 saturated carbocycles. The van der Waals surface area contributed by atoms with Gasteiger partial charge in [0.1, 0.15) is 24.2 Å². The lowest BCUT2D eigenvalue weighted by molar-refractivity contribution is -0.152. The van der Waals surface area contributed by atoms with Gasteiger partial charge in [0.05, 0.1) is 24.2 Å². The number of fused-ring (bicyclic) bond motifs is 2. The molecule has 7 rings (SSSR count). The highest BCUT2D eigenvalue weighted by Crippen LogP contribution is 2.35. The highest BCUT2D eigenvalue weighted by molar-refractivity contribution is 5.97.